The topological polar surface area (TPSA) is 43.4 Å². The molecule has 0 N–H and O–H groups in total. The molecule has 0 saturated heterocycles. The van der Waals surface area contributed by atoms with Crippen molar-refractivity contribution >= 4 is 35.0 Å². The molecule has 12 heavy (non-hydrogen) atoms. The lowest BCUT2D eigenvalue weighted by atomic mass is 9.80. The first-order valence-electron chi connectivity index (χ1n) is 3.46. The monoisotopic (exact) mass is 210 g/mol. The lowest BCUT2D eigenvalue weighted by molar-refractivity contribution is -0.143. The SMILES string of the molecule is COC(=O)C[C@H]1CC(=O)C1(Cl)Cl. The summed E-state index contributed by atoms with van der Waals surface area (Å²) in [6, 6.07) is 0. The number of hydrogen-bond donors (Lipinski definition) is 0. The zero-order chi connectivity index (χ0) is 9.35. The van der Waals surface area contributed by atoms with Crippen LogP contribution in [-0.2, 0) is 14.3 Å². The van der Waals surface area contributed by atoms with Gasteiger partial charge in [-0.3, -0.25) is 9.59 Å². The van der Waals surface area contributed by atoms with Crippen LogP contribution in [0.1, 0.15) is 12.8 Å². The van der Waals surface area contributed by atoms with Gasteiger partial charge in [-0.1, -0.05) is 23.2 Å². The smallest absolute Gasteiger partial charge is 0.305 e. The van der Waals surface area contributed by atoms with Gasteiger partial charge in [-0.05, 0) is 0 Å². The highest BCUT2D eigenvalue weighted by molar-refractivity contribution is 6.60. The number of rotatable bonds is 2. The Balaban J connectivity index is 2.47. The van der Waals surface area contributed by atoms with Crippen LogP contribution < -0.4 is 0 Å². The van der Waals surface area contributed by atoms with Crippen LogP contribution in [0.15, 0.2) is 0 Å². The third kappa shape index (κ3) is 1.57. The number of alkyl halides is 2. The molecule has 0 radical (unpaired) electrons. The van der Waals surface area contributed by atoms with Gasteiger partial charge in [-0.2, -0.15) is 0 Å². The van der Waals surface area contributed by atoms with Gasteiger partial charge in [-0.15, -0.1) is 0 Å². The number of halogens is 2. The molecule has 1 saturated carbocycles. The van der Waals surface area contributed by atoms with Gasteiger partial charge in [0.2, 0.25) is 0 Å². The van der Waals surface area contributed by atoms with Crippen molar-refractivity contribution in [3.8, 4) is 0 Å². The minimum absolute atomic E-state index is 0.106. The minimum Gasteiger partial charge on any atom is -0.469 e. The van der Waals surface area contributed by atoms with E-state index in [1.807, 2.05) is 0 Å². The lowest BCUT2D eigenvalue weighted by Crippen LogP contribution is -2.48. The summed E-state index contributed by atoms with van der Waals surface area (Å²) in [6.07, 6.45) is 0.372. The maximum Gasteiger partial charge on any atom is 0.305 e. The van der Waals surface area contributed by atoms with Crippen LogP contribution in [-0.4, -0.2) is 23.2 Å². The van der Waals surface area contributed by atoms with E-state index in [-0.39, 0.29) is 24.5 Å². The van der Waals surface area contributed by atoms with E-state index >= 15 is 0 Å². The second kappa shape index (κ2) is 3.23. The molecule has 0 amide bonds. The first kappa shape index (κ1) is 9.81. The van der Waals surface area contributed by atoms with Gasteiger partial charge in [-0.25, -0.2) is 0 Å². The quantitative estimate of drug-likeness (QED) is 0.510. The lowest BCUT2D eigenvalue weighted by Gasteiger charge is -2.36. The average molecular weight is 211 g/mol. The van der Waals surface area contributed by atoms with Crippen LogP contribution in [0.25, 0.3) is 0 Å². The van der Waals surface area contributed by atoms with E-state index in [0.717, 1.165) is 0 Å². The fourth-order valence-electron chi connectivity index (χ4n) is 1.07. The number of Topliss-reactive ketones (excluding diaryl/α,β-unsaturated/α-hetero) is 1. The van der Waals surface area contributed by atoms with Crippen molar-refractivity contribution in [2.24, 2.45) is 5.92 Å². The Morgan fingerprint density at radius 1 is 1.75 bits per heavy atom. The number of carbonyl (C=O) groups is 2. The molecule has 5 heteroatoms. The number of ether oxygens (including phenoxy) is 1. The van der Waals surface area contributed by atoms with Gasteiger partial charge in [0, 0.05) is 12.3 Å². The Hall–Kier alpha value is -0.280. The minimum atomic E-state index is -1.37. The van der Waals surface area contributed by atoms with Gasteiger partial charge < -0.3 is 4.74 Å². The zero-order valence-electron chi connectivity index (χ0n) is 6.47. The molecule has 0 aromatic rings. The van der Waals surface area contributed by atoms with E-state index in [9.17, 15) is 9.59 Å². The normalized spacial score (nSPS) is 26.2. The van der Waals surface area contributed by atoms with Gasteiger partial charge in [0.25, 0.3) is 0 Å². The Labute approximate surface area is 80.0 Å². The maximum atomic E-state index is 10.8. The summed E-state index contributed by atoms with van der Waals surface area (Å²) >= 11 is 11.3. The Morgan fingerprint density at radius 2 is 2.33 bits per heavy atom. The molecule has 0 aromatic carbocycles. The molecule has 1 rings (SSSR count). The molecule has 0 aromatic heterocycles. The molecule has 1 aliphatic carbocycles. The Kier molecular flexibility index (Phi) is 2.64. The highest BCUT2D eigenvalue weighted by atomic mass is 35.5. The summed E-state index contributed by atoms with van der Waals surface area (Å²) in [5.41, 5.74) is 0. The second-order valence-electron chi connectivity index (χ2n) is 2.73. The third-order valence-corrected chi connectivity index (χ3v) is 3.00. The molecule has 0 spiro atoms. The van der Waals surface area contributed by atoms with E-state index in [1.54, 1.807) is 0 Å². The summed E-state index contributed by atoms with van der Waals surface area (Å²) in [7, 11) is 1.28. The van der Waals surface area contributed by atoms with E-state index in [1.165, 1.54) is 7.11 Å². The van der Waals surface area contributed by atoms with Crippen molar-refractivity contribution in [1.29, 1.82) is 0 Å². The van der Waals surface area contributed by atoms with E-state index in [4.69, 9.17) is 23.2 Å². The van der Waals surface area contributed by atoms with Crippen LogP contribution in [0.3, 0.4) is 0 Å². The number of hydrogen-bond acceptors (Lipinski definition) is 3. The highest BCUT2D eigenvalue weighted by Gasteiger charge is 2.53. The van der Waals surface area contributed by atoms with Crippen LogP contribution in [0.4, 0.5) is 0 Å². The average Bonchev–Trinajstić information content (AvgIpc) is 2.03. The van der Waals surface area contributed by atoms with Crippen molar-refractivity contribution in [3.05, 3.63) is 0 Å². The molecule has 1 fully saturated rings. The van der Waals surface area contributed by atoms with E-state index in [0.29, 0.717) is 0 Å². The Morgan fingerprint density at radius 3 is 2.67 bits per heavy atom. The fourth-order valence-corrected chi connectivity index (χ4v) is 1.53. The van der Waals surface area contributed by atoms with Crippen molar-refractivity contribution in [2.45, 2.75) is 17.2 Å². The molecular weight excluding hydrogens is 203 g/mol. The highest BCUT2D eigenvalue weighted by Crippen LogP contribution is 2.46. The molecule has 0 heterocycles. The van der Waals surface area contributed by atoms with Crippen molar-refractivity contribution < 1.29 is 14.3 Å². The largest absolute Gasteiger partial charge is 0.469 e. The fraction of sp³-hybridized carbons (Fsp3) is 0.714. The summed E-state index contributed by atoms with van der Waals surface area (Å²) in [5, 5.41) is 0. The number of esters is 1. The van der Waals surface area contributed by atoms with Gasteiger partial charge in [0.05, 0.1) is 13.5 Å². The Bertz CT molecular complexity index is 225. The molecule has 3 nitrogen and oxygen atoms in total. The second-order valence-corrected chi connectivity index (χ2v) is 4.11. The predicted molar refractivity (Wildman–Crippen MR) is 44.2 cm³/mol. The maximum absolute atomic E-state index is 10.8. The van der Waals surface area contributed by atoms with Gasteiger partial charge in [0.1, 0.15) is 0 Å². The molecule has 0 aliphatic heterocycles. The number of ketones is 1. The van der Waals surface area contributed by atoms with Crippen molar-refractivity contribution in [1.82, 2.24) is 0 Å². The van der Waals surface area contributed by atoms with Crippen LogP contribution in [0.2, 0.25) is 0 Å². The number of carbonyl (C=O) groups excluding carboxylic acids is 2. The van der Waals surface area contributed by atoms with Crippen LogP contribution >= 0.6 is 23.2 Å². The summed E-state index contributed by atoms with van der Waals surface area (Å²) in [5.74, 6) is -0.904. The summed E-state index contributed by atoms with van der Waals surface area (Å²) < 4.78 is 3.05. The van der Waals surface area contributed by atoms with Crippen molar-refractivity contribution in [3.63, 3.8) is 0 Å². The number of methoxy groups -OCH3 is 1. The molecule has 1 atom stereocenters. The van der Waals surface area contributed by atoms with Crippen LogP contribution in [0.5, 0.6) is 0 Å². The van der Waals surface area contributed by atoms with Crippen molar-refractivity contribution in [2.75, 3.05) is 7.11 Å². The van der Waals surface area contributed by atoms with Gasteiger partial charge in [0.15, 0.2) is 10.1 Å². The zero-order valence-corrected chi connectivity index (χ0v) is 7.98. The molecule has 1 aliphatic rings. The predicted octanol–water partition coefficient (Wildman–Crippen LogP) is 1.31. The van der Waals surface area contributed by atoms with Gasteiger partial charge >= 0.3 is 5.97 Å². The molecule has 0 unspecified atom stereocenters. The standard InChI is InChI=1S/C7H8Cl2O3/c1-12-6(11)3-4-2-5(10)7(4,8)9/h4H,2-3H2,1H3/t4-/m1/s1. The molecule has 68 valence electrons. The van der Waals surface area contributed by atoms with E-state index < -0.39 is 10.3 Å². The first-order chi connectivity index (χ1) is 5.48. The summed E-state index contributed by atoms with van der Waals surface area (Å²) in [6.45, 7) is 0. The summed E-state index contributed by atoms with van der Waals surface area (Å²) in [4.78, 5) is 21.6. The molecular formula is C7H8Cl2O3. The first-order valence-corrected chi connectivity index (χ1v) is 4.22. The van der Waals surface area contributed by atoms with Crippen LogP contribution in [0, 0.1) is 5.92 Å². The van der Waals surface area contributed by atoms with E-state index in [2.05, 4.69) is 4.74 Å². The third-order valence-electron chi connectivity index (χ3n) is 1.96. The molecule has 0 bridgehead atoms.